The second-order valence-electron chi connectivity index (χ2n) is 4.92. The normalized spacial score (nSPS) is 42.2. The summed E-state index contributed by atoms with van der Waals surface area (Å²) in [5.41, 5.74) is 0.706. The van der Waals surface area contributed by atoms with Crippen LogP contribution in [0.4, 0.5) is 0 Å². The monoisotopic (exact) mass is 168 g/mol. The van der Waals surface area contributed by atoms with Crippen molar-refractivity contribution in [2.24, 2.45) is 23.2 Å². The first-order chi connectivity index (χ1) is 5.62. The summed E-state index contributed by atoms with van der Waals surface area (Å²) in [4.78, 5) is 0. The van der Waals surface area contributed by atoms with Gasteiger partial charge in [-0.05, 0) is 36.0 Å². The van der Waals surface area contributed by atoms with E-state index in [0.29, 0.717) is 5.41 Å². The lowest BCUT2D eigenvalue weighted by molar-refractivity contribution is -0.0988. The molecule has 2 bridgehead atoms. The molecule has 0 nitrogen and oxygen atoms in total. The second-order valence-corrected chi connectivity index (χ2v) is 4.92. The molecule has 72 valence electrons. The molecule has 0 aliphatic heterocycles. The first-order valence-electron chi connectivity index (χ1n) is 5.62. The quantitative estimate of drug-likeness (QED) is 0.511. The maximum absolute atomic E-state index is 2.46. The summed E-state index contributed by atoms with van der Waals surface area (Å²) in [6, 6.07) is 0. The number of rotatable bonds is 0. The Bertz CT molecular complexity index is 144. The van der Waals surface area contributed by atoms with Crippen LogP contribution in [-0.4, -0.2) is 0 Å². The van der Waals surface area contributed by atoms with Crippen molar-refractivity contribution >= 4 is 0 Å². The number of hydrogen-bond donors (Lipinski definition) is 0. The minimum absolute atomic E-state index is 0.706. The molecular weight excluding hydrogens is 144 g/mol. The van der Waals surface area contributed by atoms with Gasteiger partial charge in [0.1, 0.15) is 0 Å². The Morgan fingerprint density at radius 2 is 1.67 bits per heavy atom. The molecular formula is C12H24. The summed E-state index contributed by atoms with van der Waals surface area (Å²) in [7, 11) is 0. The molecule has 0 heteroatoms. The van der Waals surface area contributed by atoms with Gasteiger partial charge < -0.3 is 0 Å². The molecule has 3 saturated carbocycles. The van der Waals surface area contributed by atoms with Crippen molar-refractivity contribution in [1.29, 1.82) is 0 Å². The molecule has 0 saturated heterocycles. The Balaban J connectivity index is 0.000000336. The molecule has 3 rings (SSSR count). The second kappa shape index (κ2) is 3.40. The molecule has 0 radical (unpaired) electrons. The van der Waals surface area contributed by atoms with Crippen LogP contribution in [0.5, 0.6) is 0 Å². The Hall–Kier alpha value is 0. The Labute approximate surface area is 77.7 Å². The zero-order valence-corrected chi connectivity index (χ0v) is 9.35. The van der Waals surface area contributed by atoms with Gasteiger partial charge in [-0.2, -0.15) is 0 Å². The van der Waals surface area contributed by atoms with Gasteiger partial charge >= 0.3 is 0 Å². The average molecular weight is 168 g/mol. The zero-order valence-electron chi connectivity index (χ0n) is 9.35. The highest BCUT2D eigenvalue weighted by molar-refractivity contribution is 5.01. The van der Waals surface area contributed by atoms with Gasteiger partial charge in [0, 0.05) is 0 Å². The van der Waals surface area contributed by atoms with E-state index >= 15 is 0 Å². The Morgan fingerprint density at radius 1 is 1.08 bits per heavy atom. The molecule has 3 aliphatic carbocycles. The molecule has 3 fully saturated rings. The number of hydrogen-bond acceptors (Lipinski definition) is 0. The molecule has 0 heterocycles. The molecule has 0 aromatic heterocycles. The summed E-state index contributed by atoms with van der Waals surface area (Å²) in [6.45, 7) is 11.4. The van der Waals surface area contributed by atoms with Gasteiger partial charge in [-0.1, -0.05) is 41.0 Å². The fraction of sp³-hybridized carbons (Fsp3) is 1.00. The lowest BCUT2D eigenvalue weighted by Crippen LogP contribution is -2.51. The van der Waals surface area contributed by atoms with Crippen molar-refractivity contribution < 1.29 is 0 Å². The van der Waals surface area contributed by atoms with E-state index in [1.165, 1.54) is 19.3 Å². The first kappa shape index (κ1) is 10.1. The molecule has 0 amide bonds. The van der Waals surface area contributed by atoms with Crippen molar-refractivity contribution in [2.45, 2.75) is 53.9 Å². The maximum Gasteiger partial charge on any atom is -0.0295 e. The summed E-state index contributed by atoms with van der Waals surface area (Å²) in [5, 5.41) is 0. The van der Waals surface area contributed by atoms with Gasteiger partial charge in [-0.15, -0.1) is 0 Å². The van der Waals surface area contributed by atoms with Crippen LogP contribution in [0.1, 0.15) is 53.9 Å². The van der Waals surface area contributed by atoms with Crippen molar-refractivity contribution in [3.05, 3.63) is 0 Å². The van der Waals surface area contributed by atoms with Gasteiger partial charge in [-0.25, -0.2) is 0 Å². The highest BCUT2D eigenvalue weighted by Crippen LogP contribution is 2.61. The van der Waals surface area contributed by atoms with Gasteiger partial charge in [0.15, 0.2) is 0 Å². The molecule has 3 unspecified atom stereocenters. The fourth-order valence-electron chi connectivity index (χ4n) is 3.18. The molecule has 3 atom stereocenters. The lowest BCUT2D eigenvalue weighted by atomic mass is 9.46. The van der Waals surface area contributed by atoms with E-state index in [4.69, 9.17) is 0 Å². The zero-order chi connectivity index (χ0) is 9.35. The minimum atomic E-state index is 0.706. The van der Waals surface area contributed by atoms with Crippen molar-refractivity contribution in [3.8, 4) is 0 Å². The van der Waals surface area contributed by atoms with E-state index in [1.54, 1.807) is 0 Å². The van der Waals surface area contributed by atoms with E-state index in [2.05, 4.69) is 20.8 Å². The molecule has 0 aromatic carbocycles. The number of fused-ring (bicyclic) bond motifs is 2. The van der Waals surface area contributed by atoms with Crippen molar-refractivity contribution in [1.82, 2.24) is 0 Å². The molecule has 0 N–H and O–H groups in total. The highest BCUT2D eigenvalue weighted by Gasteiger charge is 2.52. The SMILES string of the molecule is CC.CC1CCC2CC1C2(C)C. The Morgan fingerprint density at radius 3 is 1.92 bits per heavy atom. The van der Waals surface area contributed by atoms with Gasteiger partial charge in [0.25, 0.3) is 0 Å². The van der Waals surface area contributed by atoms with Crippen LogP contribution < -0.4 is 0 Å². The molecule has 12 heavy (non-hydrogen) atoms. The van der Waals surface area contributed by atoms with Crippen molar-refractivity contribution in [3.63, 3.8) is 0 Å². The topological polar surface area (TPSA) is 0 Å². The fourth-order valence-corrected chi connectivity index (χ4v) is 3.18. The highest BCUT2D eigenvalue weighted by atomic mass is 14.6. The van der Waals surface area contributed by atoms with Gasteiger partial charge in [0.2, 0.25) is 0 Å². The average Bonchev–Trinajstić information content (AvgIpc) is 2.07. The third-order valence-corrected chi connectivity index (χ3v) is 4.20. The maximum atomic E-state index is 2.46. The summed E-state index contributed by atoms with van der Waals surface area (Å²) in [5.74, 6) is 3.15. The van der Waals surface area contributed by atoms with Crippen LogP contribution in [0.3, 0.4) is 0 Å². The predicted molar refractivity (Wildman–Crippen MR) is 55.1 cm³/mol. The van der Waals surface area contributed by atoms with Crippen LogP contribution >= 0.6 is 0 Å². The Kier molecular flexibility index (Phi) is 2.85. The largest absolute Gasteiger partial charge is 0.0683 e. The first-order valence-corrected chi connectivity index (χ1v) is 5.62. The summed E-state index contributed by atoms with van der Waals surface area (Å²) < 4.78 is 0. The smallest absolute Gasteiger partial charge is 0.0295 e. The summed E-state index contributed by atoms with van der Waals surface area (Å²) in [6.07, 6.45) is 4.54. The van der Waals surface area contributed by atoms with Crippen LogP contribution in [-0.2, 0) is 0 Å². The van der Waals surface area contributed by atoms with E-state index in [-0.39, 0.29) is 0 Å². The van der Waals surface area contributed by atoms with Crippen LogP contribution in [0.2, 0.25) is 0 Å². The van der Waals surface area contributed by atoms with E-state index < -0.39 is 0 Å². The predicted octanol–water partition coefficient (Wildman–Crippen LogP) is 4.10. The van der Waals surface area contributed by atoms with E-state index in [1.807, 2.05) is 13.8 Å². The van der Waals surface area contributed by atoms with E-state index in [0.717, 1.165) is 17.8 Å². The summed E-state index contributed by atoms with van der Waals surface area (Å²) >= 11 is 0. The van der Waals surface area contributed by atoms with E-state index in [9.17, 15) is 0 Å². The minimum Gasteiger partial charge on any atom is -0.0683 e. The lowest BCUT2D eigenvalue weighted by Gasteiger charge is -2.59. The third-order valence-electron chi connectivity index (χ3n) is 4.20. The molecule has 0 aromatic rings. The van der Waals surface area contributed by atoms with Crippen LogP contribution in [0.15, 0.2) is 0 Å². The van der Waals surface area contributed by atoms with Crippen LogP contribution in [0.25, 0.3) is 0 Å². The third kappa shape index (κ3) is 1.30. The standard InChI is InChI=1S/C10H18.C2H6/c1-7-4-5-8-6-9(7)10(8,2)3;1-2/h7-9H,4-6H2,1-3H3;1-2H3. The van der Waals surface area contributed by atoms with Crippen molar-refractivity contribution in [2.75, 3.05) is 0 Å². The van der Waals surface area contributed by atoms with Gasteiger partial charge in [0.05, 0.1) is 0 Å². The van der Waals surface area contributed by atoms with Gasteiger partial charge in [-0.3, -0.25) is 0 Å². The molecule has 3 aliphatic rings. The van der Waals surface area contributed by atoms with Crippen LogP contribution in [0, 0.1) is 23.2 Å². The molecule has 0 spiro atoms.